The lowest BCUT2D eigenvalue weighted by Crippen LogP contribution is -2.01. The van der Waals surface area contributed by atoms with E-state index in [1.807, 2.05) is 13.8 Å². The standard InChI is InChI=1S/C12H16O3/c1-8-6-10(7-13)9(2)11(8)4-5-12(14)15-3/h7H,4-6H2,1-3H3. The maximum atomic E-state index is 11.0. The normalized spacial score (nSPS) is 15.9. The number of carbonyl (C=O) groups excluding carboxylic acids is 2. The van der Waals surface area contributed by atoms with Crippen molar-refractivity contribution in [3.05, 3.63) is 22.3 Å². The molecule has 82 valence electrons. The summed E-state index contributed by atoms with van der Waals surface area (Å²) in [6, 6.07) is 0. The van der Waals surface area contributed by atoms with Crippen LogP contribution < -0.4 is 0 Å². The van der Waals surface area contributed by atoms with Gasteiger partial charge >= 0.3 is 5.97 Å². The third-order valence-corrected chi connectivity index (χ3v) is 2.85. The second-order valence-electron chi connectivity index (χ2n) is 3.78. The molecule has 0 radical (unpaired) electrons. The third-order valence-electron chi connectivity index (χ3n) is 2.85. The molecule has 0 saturated carbocycles. The van der Waals surface area contributed by atoms with E-state index in [1.54, 1.807) is 0 Å². The summed E-state index contributed by atoms with van der Waals surface area (Å²) in [5.41, 5.74) is 4.21. The lowest BCUT2D eigenvalue weighted by atomic mass is 10.0. The zero-order valence-electron chi connectivity index (χ0n) is 9.42. The summed E-state index contributed by atoms with van der Waals surface area (Å²) in [6.45, 7) is 3.94. The Morgan fingerprint density at radius 2 is 2.13 bits per heavy atom. The van der Waals surface area contributed by atoms with Crippen molar-refractivity contribution in [3.8, 4) is 0 Å². The zero-order valence-corrected chi connectivity index (χ0v) is 9.42. The minimum atomic E-state index is -0.206. The molecule has 0 bridgehead atoms. The lowest BCUT2D eigenvalue weighted by Gasteiger charge is -2.05. The van der Waals surface area contributed by atoms with Gasteiger partial charge in [0.1, 0.15) is 6.29 Å². The van der Waals surface area contributed by atoms with Gasteiger partial charge < -0.3 is 4.74 Å². The number of esters is 1. The molecule has 0 aromatic heterocycles. The number of aldehydes is 1. The van der Waals surface area contributed by atoms with Gasteiger partial charge in [0.15, 0.2) is 0 Å². The van der Waals surface area contributed by atoms with Crippen LogP contribution in [0.4, 0.5) is 0 Å². The van der Waals surface area contributed by atoms with Gasteiger partial charge in [-0.15, -0.1) is 0 Å². The van der Waals surface area contributed by atoms with Gasteiger partial charge in [-0.05, 0) is 43.4 Å². The van der Waals surface area contributed by atoms with Crippen molar-refractivity contribution in [2.75, 3.05) is 7.11 Å². The van der Waals surface area contributed by atoms with Crippen molar-refractivity contribution >= 4 is 12.3 Å². The SMILES string of the molecule is COC(=O)CCC1=C(C)CC(C=O)=C1C. The van der Waals surface area contributed by atoms with Crippen LogP contribution in [0.25, 0.3) is 0 Å². The molecule has 0 heterocycles. The summed E-state index contributed by atoms with van der Waals surface area (Å²) in [4.78, 5) is 21.7. The van der Waals surface area contributed by atoms with E-state index in [-0.39, 0.29) is 5.97 Å². The average molecular weight is 208 g/mol. The molecule has 1 rings (SSSR count). The van der Waals surface area contributed by atoms with Crippen LogP contribution in [0.15, 0.2) is 22.3 Å². The molecule has 0 amide bonds. The van der Waals surface area contributed by atoms with E-state index in [1.165, 1.54) is 12.7 Å². The molecule has 0 spiro atoms. The van der Waals surface area contributed by atoms with Gasteiger partial charge in [0.25, 0.3) is 0 Å². The van der Waals surface area contributed by atoms with Crippen LogP contribution in [0.3, 0.4) is 0 Å². The predicted molar refractivity (Wildman–Crippen MR) is 57.3 cm³/mol. The smallest absolute Gasteiger partial charge is 0.305 e. The maximum Gasteiger partial charge on any atom is 0.305 e. The van der Waals surface area contributed by atoms with E-state index in [0.717, 1.165) is 29.4 Å². The first-order valence-electron chi connectivity index (χ1n) is 5.01. The number of carbonyl (C=O) groups is 2. The molecule has 0 atom stereocenters. The van der Waals surface area contributed by atoms with Crippen molar-refractivity contribution < 1.29 is 14.3 Å². The molecular weight excluding hydrogens is 192 g/mol. The highest BCUT2D eigenvalue weighted by Crippen LogP contribution is 2.33. The van der Waals surface area contributed by atoms with Crippen LogP contribution in [0.5, 0.6) is 0 Å². The summed E-state index contributed by atoms with van der Waals surface area (Å²) in [5.74, 6) is -0.206. The fourth-order valence-electron chi connectivity index (χ4n) is 1.90. The Morgan fingerprint density at radius 3 is 2.60 bits per heavy atom. The number of hydrogen-bond donors (Lipinski definition) is 0. The predicted octanol–water partition coefficient (Wildman–Crippen LogP) is 2.18. The Kier molecular flexibility index (Phi) is 3.83. The molecule has 1 aliphatic carbocycles. The molecule has 3 nitrogen and oxygen atoms in total. The number of rotatable bonds is 4. The highest BCUT2D eigenvalue weighted by atomic mass is 16.5. The van der Waals surface area contributed by atoms with Crippen LogP contribution in [-0.2, 0) is 14.3 Å². The molecule has 0 N–H and O–H groups in total. The van der Waals surface area contributed by atoms with Crippen molar-refractivity contribution in [3.63, 3.8) is 0 Å². The quantitative estimate of drug-likeness (QED) is 0.525. The number of ether oxygens (including phenoxy) is 1. The monoisotopic (exact) mass is 208 g/mol. The number of hydrogen-bond acceptors (Lipinski definition) is 3. The minimum absolute atomic E-state index is 0.206. The summed E-state index contributed by atoms with van der Waals surface area (Å²) < 4.78 is 4.59. The van der Waals surface area contributed by atoms with E-state index < -0.39 is 0 Å². The van der Waals surface area contributed by atoms with Crippen LogP contribution in [0, 0.1) is 0 Å². The van der Waals surface area contributed by atoms with Gasteiger partial charge in [-0.25, -0.2) is 0 Å². The molecule has 0 unspecified atom stereocenters. The van der Waals surface area contributed by atoms with Crippen LogP contribution >= 0.6 is 0 Å². The van der Waals surface area contributed by atoms with Gasteiger partial charge in [0.05, 0.1) is 7.11 Å². The van der Waals surface area contributed by atoms with Gasteiger partial charge in [-0.2, -0.15) is 0 Å². The molecule has 0 aliphatic heterocycles. The number of methoxy groups -OCH3 is 1. The van der Waals surface area contributed by atoms with Gasteiger partial charge in [-0.1, -0.05) is 5.57 Å². The maximum absolute atomic E-state index is 11.0. The van der Waals surface area contributed by atoms with E-state index in [2.05, 4.69) is 4.74 Å². The highest BCUT2D eigenvalue weighted by Gasteiger charge is 2.18. The molecule has 15 heavy (non-hydrogen) atoms. The topological polar surface area (TPSA) is 43.4 Å². The van der Waals surface area contributed by atoms with Crippen LogP contribution in [-0.4, -0.2) is 19.4 Å². The fourth-order valence-corrected chi connectivity index (χ4v) is 1.90. The van der Waals surface area contributed by atoms with E-state index in [0.29, 0.717) is 12.8 Å². The molecule has 0 aromatic carbocycles. The molecular formula is C12H16O3. The molecule has 3 heteroatoms. The first-order valence-corrected chi connectivity index (χ1v) is 5.01. The van der Waals surface area contributed by atoms with E-state index in [9.17, 15) is 9.59 Å². The van der Waals surface area contributed by atoms with Crippen molar-refractivity contribution in [2.45, 2.75) is 33.1 Å². The van der Waals surface area contributed by atoms with Gasteiger partial charge in [0, 0.05) is 6.42 Å². The van der Waals surface area contributed by atoms with Crippen LogP contribution in [0.1, 0.15) is 33.1 Å². The summed E-state index contributed by atoms with van der Waals surface area (Å²) in [7, 11) is 1.39. The second-order valence-corrected chi connectivity index (χ2v) is 3.78. The second kappa shape index (κ2) is 4.91. The minimum Gasteiger partial charge on any atom is -0.469 e. The third kappa shape index (κ3) is 2.55. The Morgan fingerprint density at radius 1 is 1.47 bits per heavy atom. The number of allylic oxidation sites excluding steroid dienone is 4. The van der Waals surface area contributed by atoms with Crippen molar-refractivity contribution in [2.24, 2.45) is 0 Å². The fraction of sp³-hybridized carbons (Fsp3) is 0.500. The lowest BCUT2D eigenvalue weighted by molar-refractivity contribution is -0.140. The summed E-state index contributed by atoms with van der Waals surface area (Å²) in [6.07, 6.45) is 2.68. The molecule has 0 aromatic rings. The molecule has 0 saturated heterocycles. The zero-order chi connectivity index (χ0) is 11.4. The van der Waals surface area contributed by atoms with Gasteiger partial charge in [-0.3, -0.25) is 9.59 Å². The largest absolute Gasteiger partial charge is 0.469 e. The summed E-state index contributed by atoms with van der Waals surface area (Å²) >= 11 is 0. The van der Waals surface area contributed by atoms with Crippen molar-refractivity contribution in [1.29, 1.82) is 0 Å². The first-order chi connectivity index (χ1) is 7.10. The Balaban J connectivity index is 2.69. The van der Waals surface area contributed by atoms with Crippen molar-refractivity contribution in [1.82, 2.24) is 0 Å². The average Bonchev–Trinajstić information content (AvgIpc) is 2.51. The Hall–Kier alpha value is -1.38. The summed E-state index contributed by atoms with van der Waals surface area (Å²) in [5, 5.41) is 0. The first kappa shape index (κ1) is 11.7. The highest BCUT2D eigenvalue weighted by molar-refractivity contribution is 5.79. The Bertz CT molecular complexity index is 348. The van der Waals surface area contributed by atoms with E-state index in [4.69, 9.17) is 0 Å². The molecule has 0 fully saturated rings. The molecule has 1 aliphatic rings. The van der Waals surface area contributed by atoms with Crippen LogP contribution in [0.2, 0.25) is 0 Å². The van der Waals surface area contributed by atoms with E-state index >= 15 is 0 Å². The van der Waals surface area contributed by atoms with Gasteiger partial charge in [0.2, 0.25) is 0 Å². The Labute approximate surface area is 89.8 Å².